The van der Waals surface area contributed by atoms with Crippen LogP contribution in [-0.2, 0) is 35.3 Å². The molecule has 0 saturated heterocycles. The highest BCUT2D eigenvalue weighted by Gasteiger charge is 2.58. The first kappa shape index (κ1) is 28.9. The van der Waals surface area contributed by atoms with Gasteiger partial charge in [-0.15, -0.1) is 0 Å². The van der Waals surface area contributed by atoms with E-state index in [0.29, 0.717) is 16.9 Å². The van der Waals surface area contributed by atoms with Crippen LogP contribution in [0.5, 0.6) is 11.5 Å². The van der Waals surface area contributed by atoms with Crippen molar-refractivity contribution in [3.05, 3.63) is 58.7 Å². The Balaban J connectivity index is 3.07. The van der Waals surface area contributed by atoms with Crippen molar-refractivity contribution in [3.8, 4) is 11.5 Å². The summed E-state index contributed by atoms with van der Waals surface area (Å²) in [6.45, 7) is 14.5. The molecule has 0 atom stereocenters. The Hall–Kier alpha value is -3.35. The van der Waals surface area contributed by atoms with Crippen molar-refractivity contribution in [2.75, 3.05) is 20.3 Å². The maximum absolute atomic E-state index is 14.2. The number of carbonyl (C=O) groups excluding carboxylic acids is 3. The van der Waals surface area contributed by atoms with E-state index in [0.717, 1.165) is 0 Å². The van der Waals surface area contributed by atoms with Gasteiger partial charge < -0.3 is 19.3 Å². The number of hydrogen-bond acceptors (Lipinski definition) is 7. The minimum Gasteiger partial charge on any atom is -0.507 e. The van der Waals surface area contributed by atoms with E-state index < -0.39 is 34.0 Å². The fourth-order valence-corrected chi connectivity index (χ4v) is 4.07. The second-order valence-corrected chi connectivity index (χ2v) is 10.7. The normalized spacial score (nSPS) is 12.1. The molecule has 0 spiro atoms. The highest BCUT2D eigenvalue weighted by molar-refractivity contribution is 6.30. The summed E-state index contributed by atoms with van der Waals surface area (Å²) in [6.07, 6.45) is 0. The lowest BCUT2D eigenvalue weighted by molar-refractivity contribution is -0.161. The standard InChI is InChI=1S/C29H38O7/c1-10-35-25(32)29(26(33)36-11-2,24(31)18-12-14-20(34-9)15-13-18)19-16-21(27(3,4)5)23(30)22(17-19)28(6,7)8/h12-17,30H,10-11H2,1-9H3. The van der Waals surface area contributed by atoms with Gasteiger partial charge in [0.2, 0.25) is 0 Å². The zero-order chi connectivity index (χ0) is 27.5. The van der Waals surface area contributed by atoms with Crippen molar-refractivity contribution < 1.29 is 33.7 Å². The van der Waals surface area contributed by atoms with E-state index in [2.05, 4.69) is 0 Å². The number of rotatable bonds is 8. The van der Waals surface area contributed by atoms with Crippen LogP contribution in [0.25, 0.3) is 0 Å². The van der Waals surface area contributed by atoms with Crippen molar-refractivity contribution in [2.24, 2.45) is 0 Å². The van der Waals surface area contributed by atoms with E-state index >= 15 is 0 Å². The van der Waals surface area contributed by atoms with Gasteiger partial charge >= 0.3 is 11.9 Å². The molecule has 7 heteroatoms. The van der Waals surface area contributed by atoms with Crippen molar-refractivity contribution in [3.63, 3.8) is 0 Å². The van der Waals surface area contributed by atoms with Crippen LogP contribution in [0.15, 0.2) is 36.4 Å². The molecular formula is C29H38O7. The van der Waals surface area contributed by atoms with E-state index in [-0.39, 0.29) is 30.1 Å². The molecule has 2 rings (SSSR count). The maximum atomic E-state index is 14.2. The zero-order valence-electron chi connectivity index (χ0n) is 22.8. The highest BCUT2D eigenvalue weighted by atomic mass is 16.6. The first-order chi connectivity index (χ1) is 16.7. The lowest BCUT2D eigenvalue weighted by atomic mass is 9.69. The van der Waals surface area contributed by atoms with Gasteiger partial charge in [0.1, 0.15) is 11.5 Å². The summed E-state index contributed by atoms with van der Waals surface area (Å²) in [5.41, 5.74) is -2.39. The molecule has 0 bridgehead atoms. The third kappa shape index (κ3) is 5.40. The predicted octanol–water partition coefficient (Wildman–Crippen LogP) is 5.24. The van der Waals surface area contributed by atoms with Gasteiger partial charge in [-0.25, -0.2) is 9.59 Å². The molecule has 0 aliphatic rings. The fourth-order valence-electron chi connectivity index (χ4n) is 4.07. The SMILES string of the molecule is CCOC(=O)C(C(=O)OCC)(C(=O)c1ccc(OC)cc1)c1cc(C(C)(C)C)c(O)c(C(C)(C)C)c1. The molecule has 2 aromatic carbocycles. The Kier molecular flexibility index (Phi) is 8.61. The molecule has 7 nitrogen and oxygen atoms in total. The maximum Gasteiger partial charge on any atom is 0.336 e. The molecule has 1 N–H and O–H groups in total. The summed E-state index contributed by atoms with van der Waals surface area (Å²) < 4.78 is 15.9. The van der Waals surface area contributed by atoms with Crippen molar-refractivity contribution in [1.82, 2.24) is 0 Å². The first-order valence-corrected chi connectivity index (χ1v) is 12.1. The monoisotopic (exact) mass is 498 g/mol. The third-order valence-corrected chi connectivity index (χ3v) is 6.01. The highest BCUT2D eigenvalue weighted by Crippen LogP contribution is 2.44. The van der Waals surface area contributed by atoms with Gasteiger partial charge in [-0.1, -0.05) is 41.5 Å². The lowest BCUT2D eigenvalue weighted by Crippen LogP contribution is -2.53. The summed E-state index contributed by atoms with van der Waals surface area (Å²) in [6, 6.07) is 9.21. The smallest absolute Gasteiger partial charge is 0.336 e. The van der Waals surface area contributed by atoms with Crippen molar-refractivity contribution in [2.45, 2.75) is 71.6 Å². The van der Waals surface area contributed by atoms with Crippen molar-refractivity contribution >= 4 is 17.7 Å². The van der Waals surface area contributed by atoms with Gasteiger partial charge in [-0.2, -0.15) is 0 Å². The number of hydrogen-bond donors (Lipinski definition) is 1. The van der Waals surface area contributed by atoms with Gasteiger partial charge in [-0.05, 0) is 77.8 Å². The first-order valence-electron chi connectivity index (χ1n) is 12.1. The number of carbonyl (C=O) groups is 3. The second-order valence-electron chi connectivity index (χ2n) is 10.7. The Bertz CT molecular complexity index is 1060. The number of benzene rings is 2. The van der Waals surface area contributed by atoms with E-state index in [1.165, 1.54) is 19.2 Å². The molecule has 36 heavy (non-hydrogen) atoms. The van der Waals surface area contributed by atoms with Gasteiger partial charge in [0.15, 0.2) is 5.78 Å². The number of phenols is 1. The number of ketones is 1. The minimum absolute atomic E-state index is 0.0494. The molecule has 0 saturated carbocycles. The zero-order valence-corrected chi connectivity index (χ0v) is 22.8. The third-order valence-electron chi connectivity index (χ3n) is 6.01. The van der Waals surface area contributed by atoms with Crippen LogP contribution in [0.4, 0.5) is 0 Å². The van der Waals surface area contributed by atoms with Crippen LogP contribution in [0.3, 0.4) is 0 Å². The van der Waals surface area contributed by atoms with E-state index in [9.17, 15) is 19.5 Å². The number of ether oxygens (including phenoxy) is 3. The van der Waals surface area contributed by atoms with E-state index in [1.807, 2.05) is 41.5 Å². The lowest BCUT2D eigenvalue weighted by Gasteiger charge is -2.33. The minimum atomic E-state index is -2.44. The number of Topliss-reactive ketones (excluding diaryl/α,β-unsaturated/α-hetero) is 1. The molecular weight excluding hydrogens is 460 g/mol. The molecule has 0 unspecified atom stereocenters. The molecule has 2 aromatic rings. The van der Waals surface area contributed by atoms with Crippen molar-refractivity contribution in [1.29, 1.82) is 0 Å². The molecule has 0 radical (unpaired) electrons. The summed E-state index contributed by atoms with van der Waals surface area (Å²) in [7, 11) is 1.50. The number of methoxy groups -OCH3 is 1. The summed E-state index contributed by atoms with van der Waals surface area (Å²) in [5, 5.41) is 11.2. The van der Waals surface area contributed by atoms with Crippen LogP contribution in [0.2, 0.25) is 0 Å². The summed E-state index contributed by atoms with van der Waals surface area (Å²) in [5.74, 6) is -2.28. The summed E-state index contributed by atoms with van der Waals surface area (Å²) >= 11 is 0. The topological polar surface area (TPSA) is 99.1 Å². The van der Waals surface area contributed by atoms with Gasteiger partial charge in [-0.3, -0.25) is 4.79 Å². The van der Waals surface area contributed by atoms with Gasteiger partial charge in [0.05, 0.1) is 20.3 Å². The van der Waals surface area contributed by atoms with Crippen LogP contribution in [-0.4, -0.2) is 43.2 Å². The molecule has 0 fully saturated rings. The fraction of sp³-hybridized carbons (Fsp3) is 0.483. The van der Waals surface area contributed by atoms with Crippen LogP contribution in [0, 0.1) is 0 Å². The van der Waals surface area contributed by atoms with Crippen LogP contribution < -0.4 is 4.74 Å². The van der Waals surface area contributed by atoms with Crippen LogP contribution in [0.1, 0.15) is 82.4 Å². The molecule has 196 valence electrons. The molecule has 0 heterocycles. The number of aromatic hydroxyl groups is 1. The van der Waals surface area contributed by atoms with E-state index in [1.54, 1.807) is 38.1 Å². The predicted molar refractivity (Wildman–Crippen MR) is 138 cm³/mol. The Morgan fingerprint density at radius 2 is 1.19 bits per heavy atom. The molecule has 0 aliphatic carbocycles. The largest absolute Gasteiger partial charge is 0.507 e. The van der Waals surface area contributed by atoms with Gasteiger partial charge in [0, 0.05) is 5.56 Å². The second kappa shape index (κ2) is 10.7. The molecule has 0 aromatic heterocycles. The Labute approximate surface area is 213 Å². The number of esters is 2. The quantitative estimate of drug-likeness (QED) is 0.302. The number of phenolic OH excluding ortho intramolecular Hbond substituents is 1. The van der Waals surface area contributed by atoms with E-state index in [4.69, 9.17) is 14.2 Å². The molecule has 0 amide bonds. The average molecular weight is 499 g/mol. The van der Waals surface area contributed by atoms with Crippen LogP contribution >= 0.6 is 0 Å². The van der Waals surface area contributed by atoms with Gasteiger partial charge in [0.25, 0.3) is 5.41 Å². The Morgan fingerprint density at radius 1 is 0.778 bits per heavy atom. The Morgan fingerprint density at radius 3 is 1.53 bits per heavy atom. The average Bonchev–Trinajstić information content (AvgIpc) is 2.79. The summed E-state index contributed by atoms with van der Waals surface area (Å²) in [4.78, 5) is 41.6. The molecule has 0 aliphatic heterocycles.